The molecule has 0 spiro atoms. The summed E-state index contributed by atoms with van der Waals surface area (Å²) in [5.74, 6) is 0.731. The lowest BCUT2D eigenvalue weighted by molar-refractivity contribution is 0.200. The van der Waals surface area contributed by atoms with Crippen LogP contribution in [0.4, 0.5) is 0 Å². The highest BCUT2D eigenvalue weighted by atomic mass is 16.5. The summed E-state index contributed by atoms with van der Waals surface area (Å²) in [5, 5.41) is 8.14. The van der Waals surface area contributed by atoms with Crippen LogP contribution in [0.1, 0.15) is 11.4 Å². The first-order valence-corrected chi connectivity index (χ1v) is 4.88. The van der Waals surface area contributed by atoms with Gasteiger partial charge in [0.05, 0.1) is 12.1 Å². The van der Waals surface area contributed by atoms with E-state index < -0.39 is 0 Å². The average Bonchev–Trinajstić information content (AvgIpc) is 2.25. The number of nitrogens with zero attached hydrogens (tertiary/aromatic N) is 3. The van der Waals surface area contributed by atoms with Crippen molar-refractivity contribution >= 4 is 11.0 Å². The number of rotatable bonds is 3. The molecule has 2 aromatic rings. The van der Waals surface area contributed by atoms with Crippen LogP contribution >= 0.6 is 0 Å². The van der Waals surface area contributed by atoms with Crippen LogP contribution in [-0.4, -0.2) is 28.9 Å². The number of benzene rings is 1. The van der Waals surface area contributed by atoms with Crippen molar-refractivity contribution in [2.75, 3.05) is 13.7 Å². The number of aromatic nitrogens is 3. The van der Waals surface area contributed by atoms with Crippen LogP contribution in [0.15, 0.2) is 18.2 Å². The molecular formula is C11H13N3O. The van der Waals surface area contributed by atoms with E-state index in [0.29, 0.717) is 13.0 Å². The van der Waals surface area contributed by atoms with Crippen molar-refractivity contribution in [1.82, 2.24) is 15.2 Å². The van der Waals surface area contributed by atoms with Crippen LogP contribution in [0.2, 0.25) is 0 Å². The molecule has 15 heavy (non-hydrogen) atoms. The highest BCUT2D eigenvalue weighted by molar-refractivity contribution is 5.74. The van der Waals surface area contributed by atoms with Crippen LogP contribution in [0.25, 0.3) is 11.0 Å². The zero-order valence-electron chi connectivity index (χ0n) is 8.90. The first-order valence-electron chi connectivity index (χ1n) is 4.88. The van der Waals surface area contributed by atoms with Crippen LogP contribution in [0.5, 0.6) is 0 Å². The normalized spacial score (nSPS) is 10.8. The van der Waals surface area contributed by atoms with Gasteiger partial charge in [-0.2, -0.15) is 0 Å². The van der Waals surface area contributed by atoms with E-state index in [-0.39, 0.29) is 0 Å². The van der Waals surface area contributed by atoms with Crippen LogP contribution < -0.4 is 0 Å². The highest BCUT2D eigenvalue weighted by Crippen LogP contribution is 2.10. The zero-order chi connectivity index (χ0) is 10.7. The number of fused-ring (bicyclic) bond motifs is 1. The monoisotopic (exact) mass is 203 g/mol. The summed E-state index contributed by atoms with van der Waals surface area (Å²) in [6.07, 6.45) is 0.702. The van der Waals surface area contributed by atoms with E-state index in [2.05, 4.69) is 15.2 Å². The molecule has 1 heterocycles. The van der Waals surface area contributed by atoms with E-state index in [1.807, 2.05) is 25.1 Å². The Morgan fingerprint density at radius 1 is 1.20 bits per heavy atom. The predicted octanol–water partition coefficient (Wildman–Crippen LogP) is 1.52. The van der Waals surface area contributed by atoms with Crippen molar-refractivity contribution in [3.8, 4) is 0 Å². The minimum Gasteiger partial charge on any atom is -0.384 e. The Kier molecular flexibility index (Phi) is 2.87. The van der Waals surface area contributed by atoms with Gasteiger partial charge in [0, 0.05) is 13.5 Å². The first-order chi connectivity index (χ1) is 7.29. The number of hydrogen-bond donors (Lipinski definition) is 0. The van der Waals surface area contributed by atoms with Gasteiger partial charge in [0.1, 0.15) is 5.52 Å². The van der Waals surface area contributed by atoms with Crippen molar-refractivity contribution in [3.05, 3.63) is 29.6 Å². The molecule has 1 aromatic carbocycles. The predicted molar refractivity (Wildman–Crippen MR) is 57.7 cm³/mol. The van der Waals surface area contributed by atoms with Crippen molar-refractivity contribution in [2.24, 2.45) is 0 Å². The summed E-state index contributed by atoms with van der Waals surface area (Å²) in [4.78, 5) is 4.42. The maximum absolute atomic E-state index is 4.97. The molecule has 0 aliphatic rings. The molecule has 0 saturated carbocycles. The second-order valence-electron chi connectivity index (χ2n) is 3.46. The molecule has 4 nitrogen and oxygen atoms in total. The van der Waals surface area contributed by atoms with E-state index >= 15 is 0 Å². The molecule has 0 aliphatic carbocycles. The Bertz CT molecular complexity index is 470. The fourth-order valence-electron chi connectivity index (χ4n) is 1.38. The molecule has 0 unspecified atom stereocenters. The van der Waals surface area contributed by atoms with E-state index in [9.17, 15) is 0 Å². The molecule has 0 saturated heterocycles. The fraction of sp³-hybridized carbons (Fsp3) is 0.364. The summed E-state index contributed by atoms with van der Waals surface area (Å²) < 4.78 is 4.97. The third-order valence-corrected chi connectivity index (χ3v) is 2.18. The zero-order valence-corrected chi connectivity index (χ0v) is 8.90. The van der Waals surface area contributed by atoms with Crippen molar-refractivity contribution in [2.45, 2.75) is 13.3 Å². The van der Waals surface area contributed by atoms with Gasteiger partial charge in [-0.15, -0.1) is 10.2 Å². The lowest BCUT2D eigenvalue weighted by Gasteiger charge is -2.01. The van der Waals surface area contributed by atoms with Crippen molar-refractivity contribution in [1.29, 1.82) is 0 Å². The molecule has 0 aliphatic heterocycles. The average molecular weight is 203 g/mol. The van der Waals surface area contributed by atoms with Gasteiger partial charge in [0.15, 0.2) is 5.82 Å². The van der Waals surface area contributed by atoms with Gasteiger partial charge in [-0.1, -0.05) is 6.07 Å². The lowest BCUT2D eigenvalue weighted by Crippen LogP contribution is -2.02. The quantitative estimate of drug-likeness (QED) is 0.758. The lowest BCUT2D eigenvalue weighted by atomic mass is 10.2. The number of methoxy groups -OCH3 is 1. The molecule has 2 rings (SSSR count). The molecule has 0 fully saturated rings. The smallest absolute Gasteiger partial charge is 0.153 e. The summed E-state index contributed by atoms with van der Waals surface area (Å²) in [6, 6.07) is 5.96. The summed E-state index contributed by atoms with van der Waals surface area (Å²) in [5.41, 5.74) is 2.92. The van der Waals surface area contributed by atoms with Gasteiger partial charge in [-0.25, -0.2) is 4.98 Å². The second-order valence-corrected chi connectivity index (χ2v) is 3.46. The second kappa shape index (κ2) is 4.31. The van der Waals surface area contributed by atoms with Crippen LogP contribution in [-0.2, 0) is 11.2 Å². The number of hydrogen-bond acceptors (Lipinski definition) is 4. The summed E-state index contributed by atoms with van der Waals surface area (Å²) in [7, 11) is 1.67. The van der Waals surface area contributed by atoms with Gasteiger partial charge in [-0.3, -0.25) is 0 Å². The largest absolute Gasteiger partial charge is 0.384 e. The van der Waals surface area contributed by atoms with Gasteiger partial charge >= 0.3 is 0 Å². The first kappa shape index (κ1) is 9.98. The number of aryl methyl sites for hydroxylation is 1. The third kappa shape index (κ3) is 2.27. The molecule has 0 bridgehead atoms. The minimum atomic E-state index is 0.624. The molecule has 4 heteroatoms. The van der Waals surface area contributed by atoms with Crippen molar-refractivity contribution < 1.29 is 4.74 Å². The molecule has 1 aromatic heterocycles. The molecular weight excluding hydrogens is 190 g/mol. The molecule has 0 atom stereocenters. The third-order valence-electron chi connectivity index (χ3n) is 2.18. The number of ether oxygens (including phenoxy) is 1. The van der Waals surface area contributed by atoms with Gasteiger partial charge in [0.25, 0.3) is 0 Å². The molecule has 78 valence electrons. The van der Waals surface area contributed by atoms with Gasteiger partial charge in [-0.05, 0) is 24.6 Å². The summed E-state index contributed by atoms with van der Waals surface area (Å²) in [6.45, 7) is 2.66. The van der Waals surface area contributed by atoms with E-state index in [1.54, 1.807) is 7.11 Å². The Morgan fingerprint density at radius 3 is 2.87 bits per heavy atom. The van der Waals surface area contributed by atoms with Crippen LogP contribution in [0.3, 0.4) is 0 Å². The van der Waals surface area contributed by atoms with E-state index in [0.717, 1.165) is 16.9 Å². The Hall–Kier alpha value is -1.55. The molecule has 0 radical (unpaired) electrons. The summed E-state index contributed by atoms with van der Waals surface area (Å²) >= 11 is 0. The van der Waals surface area contributed by atoms with Crippen molar-refractivity contribution in [3.63, 3.8) is 0 Å². The van der Waals surface area contributed by atoms with Gasteiger partial charge in [0.2, 0.25) is 0 Å². The molecule has 0 N–H and O–H groups in total. The molecule has 0 amide bonds. The Morgan fingerprint density at radius 2 is 2.07 bits per heavy atom. The fourth-order valence-corrected chi connectivity index (χ4v) is 1.38. The van der Waals surface area contributed by atoms with E-state index in [4.69, 9.17) is 4.74 Å². The Balaban J connectivity index is 2.36. The Labute approximate surface area is 88.3 Å². The maximum atomic E-state index is 4.97. The van der Waals surface area contributed by atoms with Crippen LogP contribution in [0, 0.1) is 6.92 Å². The minimum absolute atomic E-state index is 0.624. The topological polar surface area (TPSA) is 47.9 Å². The maximum Gasteiger partial charge on any atom is 0.153 e. The standard InChI is InChI=1S/C11H13N3O/c1-8-3-4-9-10(7-8)12-11(14-13-9)5-6-15-2/h3-4,7H,5-6H2,1-2H3. The highest BCUT2D eigenvalue weighted by Gasteiger charge is 2.01. The van der Waals surface area contributed by atoms with Gasteiger partial charge < -0.3 is 4.74 Å². The SMILES string of the molecule is COCCc1nnc2ccc(C)cc2n1. The van der Waals surface area contributed by atoms with E-state index in [1.165, 1.54) is 5.56 Å².